The fourth-order valence-electron chi connectivity index (χ4n) is 1.16. The summed E-state index contributed by atoms with van der Waals surface area (Å²) in [5, 5.41) is 0. The van der Waals surface area contributed by atoms with Gasteiger partial charge >= 0.3 is 0 Å². The Morgan fingerprint density at radius 2 is 2.25 bits per heavy atom. The SMILES string of the molecule is Bc1cccc(/C(C)=C/C=C)c1. The van der Waals surface area contributed by atoms with Crippen LogP contribution in [0, 0.1) is 0 Å². The van der Waals surface area contributed by atoms with Gasteiger partial charge in [-0.15, -0.1) is 0 Å². The van der Waals surface area contributed by atoms with Gasteiger partial charge in [0.2, 0.25) is 0 Å². The number of benzene rings is 1. The second-order valence-electron chi connectivity index (χ2n) is 2.95. The van der Waals surface area contributed by atoms with Gasteiger partial charge in [-0.05, 0) is 18.1 Å². The molecule has 0 spiro atoms. The summed E-state index contributed by atoms with van der Waals surface area (Å²) in [6.45, 7) is 5.77. The molecular formula is C11H13B. The molecule has 0 aliphatic carbocycles. The first-order valence-corrected chi connectivity index (χ1v) is 4.10. The van der Waals surface area contributed by atoms with Gasteiger partial charge in [-0.1, -0.05) is 48.5 Å². The number of hydrogen-bond donors (Lipinski definition) is 0. The fourth-order valence-corrected chi connectivity index (χ4v) is 1.16. The van der Waals surface area contributed by atoms with Crippen LogP contribution in [0.25, 0.3) is 5.57 Å². The molecule has 0 saturated heterocycles. The first kappa shape index (κ1) is 8.86. The standard InChI is InChI=1S/C11H13B/c1-3-5-9(2)10-6-4-7-11(12)8-10/h3-8H,1,12H2,2H3/b9-5+. The molecule has 0 heterocycles. The Morgan fingerprint density at radius 3 is 2.83 bits per heavy atom. The monoisotopic (exact) mass is 156 g/mol. The van der Waals surface area contributed by atoms with Crippen LogP contribution >= 0.6 is 0 Å². The molecule has 12 heavy (non-hydrogen) atoms. The molecule has 0 saturated carbocycles. The van der Waals surface area contributed by atoms with Crippen LogP contribution < -0.4 is 5.46 Å². The molecule has 0 aliphatic rings. The van der Waals surface area contributed by atoms with Crippen molar-refractivity contribution in [2.24, 2.45) is 0 Å². The average Bonchev–Trinajstić information content (AvgIpc) is 2.05. The molecule has 0 N–H and O–H groups in total. The summed E-state index contributed by atoms with van der Waals surface area (Å²) in [5.74, 6) is 0. The van der Waals surface area contributed by atoms with Crippen LogP contribution in [0.3, 0.4) is 0 Å². The van der Waals surface area contributed by atoms with E-state index in [4.69, 9.17) is 0 Å². The lowest BCUT2D eigenvalue weighted by atomic mass is 9.92. The largest absolute Gasteiger partial charge is 0.139 e. The molecule has 0 fully saturated rings. The van der Waals surface area contributed by atoms with E-state index in [1.54, 1.807) is 0 Å². The molecule has 1 aromatic carbocycles. The van der Waals surface area contributed by atoms with Gasteiger partial charge in [0.15, 0.2) is 0 Å². The van der Waals surface area contributed by atoms with Gasteiger partial charge in [0.25, 0.3) is 0 Å². The summed E-state index contributed by atoms with van der Waals surface area (Å²) >= 11 is 0. The summed E-state index contributed by atoms with van der Waals surface area (Å²) in [7, 11) is 2.10. The Morgan fingerprint density at radius 1 is 1.50 bits per heavy atom. The number of rotatable bonds is 2. The van der Waals surface area contributed by atoms with Crippen molar-refractivity contribution in [2.75, 3.05) is 0 Å². The maximum Gasteiger partial charge on any atom is 0.139 e. The molecule has 0 nitrogen and oxygen atoms in total. The second kappa shape index (κ2) is 3.96. The normalized spacial score (nSPS) is 11.2. The minimum atomic E-state index is 1.26. The van der Waals surface area contributed by atoms with Crippen LogP contribution in [0.4, 0.5) is 0 Å². The highest BCUT2D eigenvalue weighted by Crippen LogP contribution is 2.10. The third kappa shape index (κ3) is 2.13. The van der Waals surface area contributed by atoms with Gasteiger partial charge in [-0.25, -0.2) is 0 Å². The van der Waals surface area contributed by atoms with E-state index < -0.39 is 0 Å². The van der Waals surface area contributed by atoms with Gasteiger partial charge in [0, 0.05) is 0 Å². The molecule has 0 aromatic heterocycles. The smallest absolute Gasteiger partial charge is 0.0991 e. The van der Waals surface area contributed by atoms with Crippen LogP contribution in [-0.2, 0) is 0 Å². The Labute approximate surface area is 75.0 Å². The minimum Gasteiger partial charge on any atom is -0.0991 e. The second-order valence-corrected chi connectivity index (χ2v) is 2.95. The van der Waals surface area contributed by atoms with E-state index in [1.165, 1.54) is 16.6 Å². The summed E-state index contributed by atoms with van der Waals surface area (Å²) in [6.07, 6.45) is 3.84. The maximum atomic E-state index is 3.67. The Hall–Kier alpha value is -1.24. The van der Waals surface area contributed by atoms with E-state index in [2.05, 4.69) is 45.6 Å². The van der Waals surface area contributed by atoms with Crippen LogP contribution in [0.15, 0.2) is 43.0 Å². The van der Waals surface area contributed by atoms with E-state index in [9.17, 15) is 0 Å². The van der Waals surface area contributed by atoms with E-state index in [1.807, 2.05) is 12.2 Å². The molecule has 0 aliphatic heterocycles. The molecule has 1 heteroatoms. The number of allylic oxidation sites excluding steroid dienone is 3. The fraction of sp³-hybridized carbons (Fsp3) is 0.0909. The van der Waals surface area contributed by atoms with Crippen molar-refractivity contribution in [3.8, 4) is 0 Å². The molecule has 0 atom stereocenters. The third-order valence-corrected chi connectivity index (χ3v) is 1.84. The highest BCUT2D eigenvalue weighted by molar-refractivity contribution is 6.32. The Balaban J connectivity index is 3.03. The molecule has 0 amide bonds. The zero-order valence-electron chi connectivity index (χ0n) is 7.67. The zero-order chi connectivity index (χ0) is 8.97. The highest BCUT2D eigenvalue weighted by atomic mass is 14.0. The van der Waals surface area contributed by atoms with Gasteiger partial charge < -0.3 is 0 Å². The van der Waals surface area contributed by atoms with Gasteiger partial charge in [-0.3, -0.25) is 0 Å². The van der Waals surface area contributed by atoms with Crippen LogP contribution in [0.5, 0.6) is 0 Å². The summed E-state index contributed by atoms with van der Waals surface area (Å²) in [4.78, 5) is 0. The third-order valence-electron chi connectivity index (χ3n) is 1.84. The Kier molecular flexibility index (Phi) is 2.92. The van der Waals surface area contributed by atoms with Gasteiger partial charge in [0.1, 0.15) is 7.85 Å². The lowest BCUT2D eigenvalue weighted by Gasteiger charge is -2.01. The Bertz CT molecular complexity index is 311. The van der Waals surface area contributed by atoms with Gasteiger partial charge in [-0.2, -0.15) is 0 Å². The molecule has 0 unspecified atom stereocenters. The first-order valence-electron chi connectivity index (χ1n) is 4.10. The molecular weight excluding hydrogens is 143 g/mol. The lowest BCUT2D eigenvalue weighted by molar-refractivity contribution is 1.59. The van der Waals surface area contributed by atoms with Crippen LogP contribution in [-0.4, -0.2) is 7.85 Å². The molecule has 60 valence electrons. The quantitative estimate of drug-likeness (QED) is 0.450. The zero-order valence-corrected chi connectivity index (χ0v) is 7.67. The summed E-state index contributed by atoms with van der Waals surface area (Å²) < 4.78 is 0. The average molecular weight is 156 g/mol. The van der Waals surface area contributed by atoms with Crippen molar-refractivity contribution in [2.45, 2.75) is 6.92 Å². The molecule has 1 rings (SSSR count). The minimum absolute atomic E-state index is 1.26. The number of hydrogen-bond acceptors (Lipinski definition) is 0. The van der Waals surface area contributed by atoms with E-state index in [0.29, 0.717) is 0 Å². The van der Waals surface area contributed by atoms with E-state index in [-0.39, 0.29) is 0 Å². The van der Waals surface area contributed by atoms with Crippen molar-refractivity contribution in [1.29, 1.82) is 0 Å². The predicted molar refractivity (Wildman–Crippen MR) is 58.5 cm³/mol. The maximum absolute atomic E-state index is 3.67. The van der Waals surface area contributed by atoms with Crippen LogP contribution in [0.1, 0.15) is 12.5 Å². The topological polar surface area (TPSA) is 0 Å². The molecule has 1 aromatic rings. The predicted octanol–water partition coefficient (Wildman–Crippen LogP) is 1.53. The van der Waals surface area contributed by atoms with Crippen molar-refractivity contribution < 1.29 is 0 Å². The van der Waals surface area contributed by atoms with E-state index >= 15 is 0 Å². The van der Waals surface area contributed by atoms with Crippen molar-refractivity contribution in [3.63, 3.8) is 0 Å². The van der Waals surface area contributed by atoms with Gasteiger partial charge in [0.05, 0.1) is 0 Å². The van der Waals surface area contributed by atoms with Crippen molar-refractivity contribution >= 4 is 18.9 Å². The molecule has 0 radical (unpaired) electrons. The highest BCUT2D eigenvalue weighted by Gasteiger charge is 1.92. The van der Waals surface area contributed by atoms with Crippen molar-refractivity contribution in [1.82, 2.24) is 0 Å². The summed E-state index contributed by atoms with van der Waals surface area (Å²) in [5.41, 5.74) is 3.83. The summed E-state index contributed by atoms with van der Waals surface area (Å²) in [6, 6.07) is 8.47. The van der Waals surface area contributed by atoms with Crippen LogP contribution in [0.2, 0.25) is 0 Å². The first-order chi connectivity index (χ1) is 5.74. The lowest BCUT2D eigenvalue weighted by Crippen LogP contribution is -2.01. The molecule has 0 bridgehead atoms. The van der Waals surface area contributed by atoms with Crippen molar-refractivity contribution in [3.05, 3.63) is 48.6 Å². The van der Waals surface area contributed by atoms with E-state index in [0.717, 1.165) is 0 Å².